The van der Waals surface area contributed by atoms with Gasteiger partial charge in [-0.25, -0.2) is 0 Å². The normalized spacial score (nSPS) is 15.2. The van der Waals surface area contributed by atoms with E-state index < -0.39 is 11.4 Å². The molecule has 2 rings (SSSR count). The molecule has 0 amide bonds. The second-order valence-electron chi connectivity index (χ2n) is 6.46. The van der Waals surface area contributed by atoms with E-state index in [1.54, 1.807) is 0 Å². The topological polar surface area (TPSA) is 93.7 Å². The molecule has 0 aliphatic heterocycles. The predicted octanol–water partition coefficient (Wildman–Crippen LogP) is 3.18. The lowest BCUT2D eigenvalue weighted by Gasteiger charge is -2.27. The highest BCUT2D eigenvalue weighted by Crippen LogP contribution is 2.28. The van der Waals surface area contributed by atoms with Crippen LogP contribution in [0.3, 0.4) is 0 Å². The maximum atomic E-state index is 12.6. The van der Waals surface area contributed by atoms with Crippen LogP contribution in [0.1, 0.15) is 42.8 Å². The van der Waals surface area contributed by atoms with E-state index in [2.05, 4.69) is 9.88 Å². The molecule has 24 heavy (non-hydrogen) atoms. The Kier molecular flexibility index (Phi) is 6.28. The van der Waals surface area contributed by atoms with Crippen LogP contribution < -0.4 is 10.5 Å². The zero-order valence-corrected chi connectivity index (χ0v) is 15.7. The molecule has 0 radical (unpaired) electrons. The Morgan fingerprint density at radius 2 is 2.04 bits per heavy atom. The molecule has 2 atom stereocenters. The highest BCUT2D eigenvalue weighted by atomic mass is 32.2. The quantitative estimate of drug-likeness (QED) is 0.241. The molecule has 0 saturated heterocycles. The van der Waals surface area contributed by atoms with Crippen molar-refractivity contribution in [1.29, 1.82) is 0 Å². The van der Waals surface area contributed by atoms with Crippen molar-refractivity contribution in [1.82, 2.24) is 4.72 Å². The van der Waals surface area contributed by atoms with Crippen molar-refractivity contribution in [2.24, 2.45) is 10.9 Å². The predicted molar refractivity (Wildman–Crippen MR) is 101 cm³/mol. The third-order valence-electron chi connectivity index (χ3n) is 3.45. The standard InChI is InChI=1S/C17H23N3O2S2/c1-17(2,3)24(22)20-14(9-12-7-5-4-6-8-12)15-10-13(11-23-15)16(18)19-21/h4-8,10-11,14,20-21H,9H2,1-3H3,(H2,18,19)/t14-,24?/m1/s1. The molecule has 1 aromatic heterocycles. The van der Waals surface area contributed by atoms with Gasteiger partial charge in [-0.3, -0.25) is 0 Å². The molecule has 2 aromatic rings. The summed E-state index contributed by atoms with van der Waals surface area (Å²) in [7, 11) is 0. The Morgan fingerprint density at radius 1 is 1.38 bits per heavy atom. The zero-order chi connectivity index (χ0) is 17.7. The third-order valence-corrected chi connectivity index (χ3v) is 6.11. The lowest BCUT2D eigenvalue weighted by atomic mass is 10.1. The van der Waals surface area contributed by atoms with Gasteiger partial charge in [0.1, 0.15) is 4.75 Å². The molecular formula is C17H23N3O2S2. The summed E-state index contributed by atoms with van der Waals surface area (Å²) < 4.78 is 15.4. The van der Waals surface area contributed by atoms with Crippen molar-refractivity contribution in [3.63, 3.8) is 0 Å². The van der Waals surface area contributed by atoms with Crippen LogP contribution in [-0.2, 0) is 17.8 Å². The number of hydrogen-bond donors (Lipinski definition) is 3. The number of nitrogens with one attached hydrogen (secondary N) is 1. The van der Waals surface area contributed by atoms with E-state index in [0.717, 1.165) is 10.4 Å². The summed E-state index contributed by atoms with van der Waals surface area (Å²) in [4.78, 5) is 0.998. The Morgan fingerprint density at radius 3 is 2.62 bits per heavy atom. The second kappa shape index (κ2) is 8.02. The van der Waals surface area contributed by atoms with Gasteiger partial charge in [0.15, 0.2) is 5.84 Å². The fourth-order valence-electron chi connectivity index (χ4n) is 2.08. The fraction of sp³-hybridized carbons (Fsp3) is 0.353. The Labute approximate surface area is 149 Å². The average molecular weight is 366 g/mol. The summed E-state index contributed by atoms with van der Waals surface area (Å²) in [5, 5.41) is 13.7. The van der Waals surface area contributed by atoms with Crippen molar-refractivity contribution in [2.45, 2.75) is 38.0 Å². The number of benzene rings is 1. The van der Waals surface area contributed by atoms with Gasteiger partial charge < -0.3 is 15.5 Å². The van der Waals surface area contributed by atoms with E-state index in [1.165, 1.54) is 11.3 Å². The molecular weight excluding hydrogens is 342 g/mol. The first-order valence-electron chi connectivity index (χ1n) is 7.59. The van der Waals surface area contributed by atoms with Crippen molar-refractivity contribution >= 4 is 28.5 Å². The Hall–Kier alpha value is -1.54. The summed E-state index contributed by atoms with van der Waals surface area (Å²) in [5.74, 6) is 0.0768. The van der Waals surface area contributed by atoms with Gasteiger partial charge in [-0.05, 0) is 38.8 Å². The molecule has 0 spiro atoms. The van der Waals surface area contributed by atoms with Crippen LogP contribution in [0.5, 0.6) is 0 Å². The van der Waals surface area contributed by atoms with Crippen molar-refractivity contribution in [3.8, 4) is 0 Å². The number of amidine groups is 1. The third kappa shape index (κ3) is 4.98. The van der Waals surface area contributed by atoms with Crippen LogP contribution in [0.2, 0.25) is 0 Å². The number of thiophene rings is 1. The molecule has 0 saturated carbocycles. The largest absolute Gasteiger partial charge is 0.598 e. The number of oxime groups is 1. The van der Waals surface area contributed by atoms with Gasteiger partial charge in [0, 0.05) is 27.2 Å². The SMILES string of the molecule is CC(C)(C)[S+]([O-])N[C@H](Cc1ccccc1)c1cc(C(N)=NO)cs1. The van der Waals surface area contributed by atoms with E-state index in [-0.39, 0.29) is 16.6 Å². The van der Waals surface area contributed by atoms with E-state index >= 15 is 0 Å². The molecule has 4 N–H and O–H groups in total. The van der Waals surface area contributed by atoms with Gasteiger partial charge in [0.05, 0.1) is 6.04 Å². The van der Waals surface area contributed by atoms with Gasteiger partial charge >= 0.3 is 0 Å². The molecule has 5 nitrogen and oxygen atoms in total. The maximum Gasteiger partial charge on any atom is 0.170 e. The molecule has 7 heteroatoms. The number of nitrogens with two attached hydrogens (primary N) is 1. The van der Waals surface area contributed by atoms with Gasteiger partial charge in [-0.1, -0.05) is 35.5 Å². The zero-order valence-electron chi connectivity index (χ0n) is 14.0. The minimum absolute atomic E-state index is 0.0768. The van der Waals surface area contributed by atoms with Crippen LogP contribution in [0.25, 0.3) is 0 Å². The molecule has 0 bridgehead atoms. The Bertz CT molecular complexity index is 681. The highest BCUT2D eigenvalue weighted by molar-refractivity contribution is 7.90. The van der Waals surface area contributed by atoms with Crippen LogP contribution in [0.15, 0.2) is 46.9 Å². The monoisotopic (exact) mass is 365 g/mol. The average Bonchev–Trinajstić information content (AvgIpc) is 3.03. The van der Waals surface area contributed by atoms with Crippen LogP contribution >= 0.6 is 11.3 Å². The fourth-order valence-corrected chi connectivity index (χ4v) is 3.93. The van der Waals surface area contributed by atoms with E-state index in [1.807, 2.05) is 62.5 Å². The maximum absolute atomic E-state index is 12.6. The lowest BCUT2D eigenvalue weighted by molar-refractivity contribution is 0.318. The van der Waals surface area contributed by atoms with E-state index in [4.69, 9.17) is 10.9 Å². The number of hydrogen-bond acceptors (Lipinski definition) is 5. The summed E-state index contributed by atoms with van der Waals surface area (Å²) in [6.07, 6.45) is 0.707. The second-order valence-corrected chi connectivity index (χ2v) is 9.40. The first kappa shape index (κ1) is 18.8. The van der Waals surface area contributed by atoms with Crippen LogP contribution in [0.4, 0.5) is 0 Å². The van der Waals surface area contributed by atoms with Crippen molar-refractivity contribution < 1.29 is 9.76 Å². The molecule has 0 aliphatic carbocycles. The molecule has 0 aliphatic rings. The van der Waals surface area contributed by atoms with E-state index in [9.17, 15) is 4.55 Å². The lowest BCUT2D eigenvalue weighted by Crippen LogP contribution is -2.41. The summed E-state index contributed by atoms with van der Waals surface area (Å²) in [5.41, 5.74) is 7.48. The molecule has 1 unspecified atom stereocenters. The highest BCUT2D eigenvalue weighted by Gasteiger charge is 2.30. The van der Waals surface area contributed by atoms with Gasteiger partial charge in [0.25, 0.3) is 0 Å². The molecule has 130 valence electrons. The number of rotatable bonds is 6. The van der Waals surface area contributed by atoms with E-state index in [0.29, 0.717) is 12.0 Å². The van der Waals surface area contributed by atoms with Gasteiger partial charge in [-0.15, -0.1) is 16.1 Å². The summed E-state index contributed by atoms with van der Waals surface area (Å²) >= 11 is 0.305. The Balaban J connectivity index is 2.26. The first-order valence-corrected chi connectivity index (χ1v) is 9.62. The summed E-state index contributed by atoms with van der Waals surface area (Å²) in [6.45, 7) is 5.81. The summed E-state index contributed by atoms with van der Waals surface area (Å²) in [6, 6.07) is 11.8. The minimum Gasteiger partial charge on any atom is -0.598 e. The molecule has 1 heterocycles. The van der Waals surface area contributed by atoms with Gasteiger partial charge in [-0.2, -0.15) is 0 Å². The van der Waals surface area contributed by atoms with Crippen LogP contribution in [-0.4, -0.2) is 20.3 Å². The molecule has 1 aromatic carbocycles. The van der Waals surface area contributed by atoms with Crippen molar-refractivity contribution in [3.05, 3.63) is 57.8 Å². The smallest absolute Gasteiger partial charge is 0.170 e. The van der Waals surface area contributed by atoms with Crippen LogP contribution in [0, 0.1) is 0 Å². The first-order chi connectivity index (χ1) is 11.3. The van der Waals surface area contributed by atoms with Gasteiger partial charge in [0.2, 0.25) is 0 Å². The van der Waals surface area contributed by atoms with Crippen molar-refractivity contribution in [2.75, 3.05) is 0 Å². The minimum atomic E-state index is -1.20. The molecule has 0 fully saturated rings. The number of nitrogens with zero attached hydrogens (tertiary/aromatic N) is 1.